The Hall–Kier alpha value is -0.880. The van der Waals surface area contributed by atoms with E-state index in [-0.39, 0.29) is 0 Å². The number of para-hydroxylation sites is 1. The Morgan fingerprint density at radius 3 is 2.00 bits per heavy atom. The minimum absolute atomic E-state index is 0.321. The van der Waals surface area contributed by atoms with Crippen LogP contribution in [0.2, 0.25) is 0 Å². The van der Waals surface area contributed by atoms with Crippen LogP contribution in [0.25, 0.3) is 0 Å². The third kappa shape index (κ3) is 8.00. The van der Waals surface area contributed by atoms with E-state index in [2.05, 4.69) is 20.8 Å². The summed E-state index contributed by atoms with van der Waals surface area (Å²) in [5, 5.41) is 8.63. The molecule has 0 radical (unpaired) electrons. The fourth-order valence-electron chi connectivity index (χ4n) is 2.02. The zero-order valence-corrected chi connectivity index (χ0v) is 13.3. The highest BCUT2D eigenvalue weighted by molar-refractivity contribution is 7.23. The Morgan fingerprint density at radius 1 is 1.11 bits per heavy atom. The van der Waals surface area contributed by atoms with Crippen molar-refractivity contribution < 1.29 is 9.67 Å². The van der Waals surface area contributed by atoms with Crippen LogP contribution in [-0.2, 0) is 4.57 Å². The molecule has 1 aromatic rings. The number of aromatic hydroxyl groups is 1. The molecule has 0 aliphatic heterocycles. The van der Waals surface area contributed by atoms with Gasteiger partial charge in [-0.2, -0.15) is 0 Å². The molecule has 0 saturated heterocycles. The standard InChI is InChI=1S/C10H21OP.C6H6O/c1-4-7-8-10(5-2,6-3)9-12-11;7-6-4-2-1-3-5-6/h4-9H2,1-3H3;1-5,7H. The van der Waals surface area contributed by atoms with Gasteiger partial charge in [0.1, 0.15) is 5.75 Å². The minimum Gasteiger partial charge on any atom is -0.508 e. The molecule has 1 N–H and O–H groups in total. The lowest BCUT2D eigenvalue weighted by molar-refractivity contribution is 0.270. The monoisotopic (exact) mass is 282 g/mol. The summed E-state index contributed by atoms with van der Waals surface area (Å²) in [7, 11) is 0.321. The van der Waals surface area contributed by atoms with Crippen molar-refractivity contribution in [2.75, 3.05) is 6.16 Å². The van der Waals surface area contributed by atoms with Gasteiger partial charge in [-0.1, -0.05) is 51.8 Å². The molecule has 0 bridgehead atoms. The lowest BCUT2D eigenvalue weighted by Crippen LogP contribution is -2.20. The maximum atomic E-state index is 10.6. The van der Waals surface area contributed by atoms with Gasteiger partial charge in [0.15, 0.2) is 8.46 Å². The third-order valence-corrected chi connectivity index (χ3v) is 4.52. The molecule has 0 atom stereocenters. The zero-order valence-electron chi connectivity index (χ0n) is 12.4. The van der Waals surface area contributed by atoms with Crippen molar-refractivity contribution in [3.63, 3.8) is 0 Å². The zero-order chi connectivity index (χ0) is 14.6. The summed E-state index contributed by atoms with van der Waals surface area (Å²) < 4.78 is 10.6. The van der Waals surface area contributed by atoms with Crippen LogP contribution in [0, 0.1) is 5.41 Å². The first-order valence-corrected chi connectivity index (χ1v) is 8.17. The first-order valence-electron chi connectivity index (χ1n) is 7.17. The normalized spacial score (nSPS) is 10.9. The van der Waals surface area contributed by atoms with E-state index in [1.807, 2.05) is 6.07 Å². The quantitative estimate of drug-likeness (QED) is 0.654. The van der Waals surface area contributed by atoms with Crippen LogP contribution in [0.1, 0.15) is 52.9 Å². The number of phenolic OH excluding ortho intramolecular Hbond substituents is 1. The second kappa shape index (κ2) is 11.0. The highest BCUT2D eigenvalue weighted by Gasteiger charge is 2.24. The van der Waals surface area contributed by atoms with Gasteiger partial charge in [0.25, 0.3) is 0 Å². The Kier molecular flexibility index (Phi) is 10.5. The van der Waals surface area contributed by atoms with E-state index in [0.717, 1.165) is 6.16 Å². The van der Waals surface area contributed by atoms with Crippen molar-refractivity contribution in [2.24, 2.45) is 5.41 Å². The Labute approximate surface area is 119 Å². The second-order valence-electron chi connectivity index (χ2n) is 4.93. The van der Waals surface area contributed by atoms with Crippen molar-refractivity contribution >= 4 is 8.46 Å². The average molecular weight is 282 g/mol. The van der Waals surface area contributed by atoms with E-state index < -0.39 is 0 Å². The van der Waals surface area contributed by atoms with Crippen molar-refractivity contribution in [1.82, 2.24) is 0 Å². The highest BCUT2D eigenvalue weighted by Crippen LogP contribution is 2.35. The van der Waals surface area contributed by atoms with E-state index in [1.54, 1.807) is 24.3 Å². The first-order chi connectivity index (χ1) is 9.14. The lowest BCUT2D eigenvalue weighted by Gasteiger charge is -2.28. The molecule has 19 heavy (non-hydrogen) atoms. The van der Waals surface area contributed by atoms with Gasteiger partial charge in [-0.05, 0) is 36.8 Å². The average Bonchev–Trinajstić information content (AvgIpc) is 2.45. The van der Waals surface area contributed by atoms with Crippen molar-refractivity contribution in [3.8, 4) is 5.75 Å². The van der Waals surface area contributed by atoms with Gasteiger partial charge >= 0.3 is 0 Å². The molecule has 2 nitrogen and oxygen atoms in total. The maximum Gasteiger partial charge on any atom is 0.155 e. The van der Waals surface area contributed by atoms with Gasteiger partial charge in [0.05, 0.1) is 0 Å². The predicted octanol–water partition coefficient (Wildman–Crippen LogP) is 5.67. The molecule has 3 heteroatoms. The smallest absolute Gasteiger partial charge is 0.155 e. The van der Waals surface area contributed by atoms with Crippen LogP contribution in [0.4, 0.5) is 0 Å². The Bertz CT molecular complexity index is 321. The molecule has 0 unspecified atom stereocenters. The van der Waals surface area contributed by atoms with E-state index >= 15 is 0 Å². The molecule has 1 rings (SSSR count). The fraction of sp³-hybridized carbons (Fsp3) is 0.625. The summed E-state index contributed by atoms with van der Waals surface area (Å²) in [6.07, 6.45) is 6.94. The molecular formula is C16H27O2P. The molecule has 0 spiro atoms. The Balaban J connectivity index is 0.000000388. The molecule has 1 aromatic carbocycles. The van der Waals surface area contributed by atoms with E-state index in [9.17, 15) is 4.57 Å². The van der Waals surface area contributed by atoms with Crippen molar-refractivity contribution in [2.45, 2.75) is 52.9 Å². The molecule has 108 valence electrons. The summed E-state index contributed by atoms with van der Waals surface area (Å²) in [5.74, 6) is 0.322. The predicted molar refractivity (Wildman–Crippen MR) is 83.1 cm³/mol. The van der Waals surface area contributed by atoms with Gasteiger partial charge < -0.3 is 5.11 Å². The van der Waals surface area contributed by atoms with Gasteiger partial charge in [-0.3, -0.25) is 4.57 Å². The number of phenols is 1. The first kappa shape index (κ1) is 18.1. The van der Waals surface area contributed by atoms with Gasteiger partial charge in [-0.15, -0.1) is 0 Å². The van der Waals surface area contributed by atoms with Crippen LogP contribution in [0.5, 0.6) is 5.75 Å². The second-order valence-corrected chi connectivity index (χ2v) is 5.51. The summed E-state index contributed by atoms with van der Waals surface area (Å²) in [4.78, 5) is 0. The topological polar surface area (TPSA) is 37.3 Å². The molecule has 0 aliphatic rings. The fourth-order valence-corrected chi connectivity index (χ4v) is 2.90. The van der Waals surface area contributed by atoms with E-state index in [0.29, 0.717) is 19.6 Å². The maximum absolute atomic E-state index is 10.6. The van der Waals surface area contributed by atoms with Crippen LogP contribution >= 0.6 is 8.46 Å². The molecule has 0 saturated carbocycles. The number of hydrogen-bond acceptors (Lipinski definition) is 2. The molecule has 0 fully saturated rings. The largest absolute Gasteiger partial charge is 0.508 e. The SMILES string of the molecule is CCCCC(CC)(CC)CP=O.Oc1ccccc1. The summed E-state index contributed by atoms with van der Waals surface area (Å²) in [6.45, 7) is 6.64. The number of unbranched alkanes of at least 4 members (excludes halogenated alkanes) is 1. The Morgan fingerprint density at radius 2 is 1.68 bits per heavy atom. The van der Waals surface area contributed by atoms with Gasteiger partial charge in [0, 0.05) is 6.16 Å². The summed E-state index contributed by atoms with van der Waals surface area (Å²) in [6, 6.07) is 8.71. The molecule has 0 amide bonds. The van der Waals surface area contributed by atoms with Crippen LogP contribution in [0.3, 0.4) is 0 Å². The number of rotatable bonds is 7. The lowest BCUT2D eigenvalue weighted by atomic mass is 9.80. The van der Waals surface area contributed by atoms with Crippen LogP contribution in [0.15, 0.2) is 30.3 Å². The molecule has 0 heterocycles. The minimum atomic E-state index is 0.321. The van der Waals surface area contributed by atoms with Gasteiger partial charge in [0.2, 0.25) is 0 Å². The molecular weight excluding hydrogens is 255 g/mol. The number of hydrogen-bond donors (Lipinski definition) is 1. The summed E-state index contributed by atoms with van der Waals surface area (Å²) >= 11 is 0. The van der Waals surface area contributed by atoms with Crippen LogP contribution in [-0.4, -0.2) is 11.3 Å². The number of benzene rings is 1. The van der Waals surface area contributed by atoms with Crippen molar-refractivity contribution in [3.05, 3.63) is 30.3 Å². The summed E-state index contributed by atoms with van der Waals surface area (Å²) in [5.41, 5.74) is 0.360. The molecule has 0 aliphatic carbocycles. The van der Waals surface area contributed by atoms with Crippen molar-refractivity contribution in [1.29, 1.82) is 0 Å². The third-order valence-electron chi connectivity index (χ3n) is 3.72. The van der Waals surface area contributed by atoms with Gasteiger partial charge in [-0.25, -0.2) is 0 Å². The van der Waals surface area contributed by atoms with E-state index in [4.69, 9.17) is 5.11 Å². The van der Waals surface area contributed by atoms with Crippen LogP contribution < -0.4 is 0 Å². The molecule has 0 aromatic heterocycles. The van der Waals surface area contributed by atoms with E-state index in [1.165, 1.54) is 32.1 Å². The highest BCUT2D eigenvalue weighted by atomic mass is 31.1.